The van der Waals surface area contributed by atoms with Crippen LogP contribution in [0.4, 0.5) is 0 Å². The number of tetrazole rings is 1. The van der Waals surface area contributed by atoms with Crippen molar-refractivity contribution in [2.75, 3.05) is 26.5 Å². The summed E-state index contributed by atoms with van der Waals surface area (Å²) in [4.78, 5) is 15.1. The van der Waals surface area contributed by atoms with Crippen LogP contribution in [0.2, 0.25) is 0 Å². The van der Waals surface area contributed by atoms with Crippen molar-refractivity contribution >= 4 is 17.7 Å². The number of hydrogen-bond donors (Lipinski definition) is 0. The molecular weight excluding hydrogens is 426 g/mol. The van der Waals surface area contributed by atoms with E-state index in [1.807, 2.05) is 42.2 Å². The Labute approximate surface area is 191 Å². The Morgan fingerprint density at radius 3 is 2.75 bits per heavy atom. The molecule has 0 saturated carbocycles. The lowest BCUT2D eigenvalue weighted by molar-refractivity contribution is -0.129. The summed E-state index contributed by atoms with van der Waals surface area (Å²) in [5.74, 6) is 1.83. The van der Waals surface area contributed by atoms with Gasteiger partial charge in [-0.2, -0.15) is 4.68 Å². The van der Waals surface area contributed by atoms with E-state index >= 15 is 0 Å². The lowest BCUT2D eigenvalue weighted by Crippen LogP contribution is -2.32. The molecule has 168 valence electrons. The van der Waals surface area contributed by atoms with Gasteiger partial charge in [0, 0.05) is 12.1 Å². The molecule has 0 spiro atoms. The molecule has 1 amide bonds. The van der Waals surface area contributed by atoms with Crippen LogP contribution >= 0.6 is 11.8 Å². The number of ether oxygens (including phenoxy) is 2. The van der Waals surface area contributed by atoms with Gasteiger partial charge in [-0.25, -0.2) is 0 Å². The van der Waals surface area contributed by atoms with E-state index < -0.39 is 0 Å². The number of rotatable bonds is 7. The summed E-state index contributed by atoms with van der Waals surface area (Å²) < 4.78 is 12.6. The third-order valence-corrected chi connectivity index (χ3v) is 6.62. The van der Waals surface area contributed by atoms with Crippen LogP contribution in [0.3, 0.4) is 0 Å². The molecule has 0 radical (unpaired) electrons. The highest BCUT2D eigenvalue weighted by Gasteiger charge is 2.32. The van der Waals surface area contributed by atoms with Crippen LogP contribution in [0.1, 0.15) is 35.6 Å². The fourth-order valence-corrected chi connectivity index (χ4v) is 4.93. The number of aromatic nitrogens is 4. The number of methoxy groups -OCH3 is 2. The lowest BCUT2D eigenvalue weighted by atomic mass is 10.0. The van der Waals surface area contributed by atoms with Crippen LogP contribution in [0.25, 0.3) is 5.69 Å². The summed E-state index contributed by atoms with van der Waals surface area (Å²) in [6.07, 6.45) is 1.84. The van der Waals surface area contributed by atoms with Crippen molar-refractivity contribution in [3.05, 3.63) is 53.1 Å². The molecule has 2 aromatic carbocycles. The van der Waals surface area contributed by atoms with Gasteiger partial charge in [-0.3, -0.25) is 4.79 Å². The van der Waals surface area contributed by atoms with Crippen molar-refractivity contribution in [3.8, 4) is 17.2 Å². The van der Waals surface area contributed by atoms with Crippen molar-refractivity contribution in [1.82, 2.24) is 25.1 Å². The van der Waals surface area contributed by atoms with Crippen molar-refractivity contribution in [3.63, 3.8) is 0 Å². The Kier molecular flexibility index (Phi) is 6.64. The molecule has 0 aliphatic carbocycles. The first-order chi connectivity index (χ1) is 15.5. The minimum absolute atomic E-state index is 0.0384. The summed E-state index contributed by atoms with van der Waals surface area (Å²) in [5.41, 5.74) is 4.14. The van der Waals surface area contributed by atoms with Gasteiger partial charge < -0.3 is 14.4 Å². The average Bonchev–Trinajstić information content (AvgIpc) is 3.47. The van der Waals surface area contributed by atoms with Gasteiger partial charge in [0.1, 0.15) is 11.5 Å². The summed E-state index contributed by atoms with van der Waals surface area (Å²) >= 11 is 1.35. The highest BCUT2D eigenvalue weighted by atomic mass is 32.2. The van der Waals surface area contributed by atoms with Gasteiger partial charge in [0.2, 0.25) is 11.1 Å². The molecule has 0 bridgehead atoms. The summed E-state index contributed by atoms with van der Waals surface area (Å²) in [5, 5.41) is 12.7. The zero-order valence-electron chi connectivity index (χ0n) is 18.7. The molecule has 32 heavy (non-hydrogen) atoms. The second-order valence-electron chi connectivity index (χ2n) is 7.80. The van der Waals surface area contributed by atoms with E-state index in [0.717, 1.165) is 41.2 Å². The van der Waals surface area contributed by atoms with E-state index in [4.69, 9.17) is 9.47 Å². The molecule has 1 aliphatic heterocycles. The second-order valence-corrected chi connectivity index (χ2v) is 8.75. The maximum atomic E-state index is 13.2. The molecule has 0 N–H and O–H groups in total. The third-order valence-electron chi connectivity index (χ3n) is 5.72. The van der Waals surface area contributed by atoms with Crippen molar-refractivity contribution in [2.24, 2.45) is 0 Å². The first kappa shape index (κ1) is 22.1. The van der Waals surface area contributed by atoms with Crippen LogP contribution in [-0.4, -0.2) is 57.5 Å². The smallest absolute Gasteiger partial charge is 0.233 e. The lowest BCUT2D eigenvalue weighted by Gasteiger charge is -2.26. The van der Waals surface area contributed by atoms with Gasteiger partial charge in [0.25, 0.3) is 0 Å². The summed E-state index contributed by atoms with van der Waals surface area (Å²) in [7, 11) is 3.29. The maximum absolute atomic E-state index is 13.2. The second kappa shape index (κ2) is 9.60. The summed E-state index contributed by atoms with van der Waals surface area (Å²) in [6, 6.07) is 11.8. The first-order valence-corrected chi connectivity index (χ1v) is 11.5. The summed E-state index contributed by atoms with van der Waals surface area (Å²) in [6.45, 7) is 4.79. The van der Waals surface area contributed by atoms with E-state index in [-0.39, 0.29) is 17.7 Å². The number of hydrogen-bond acceptors (Lipinski definition) is 7. The van der Waals surface area contributed by atoms with Crippen LogP contribution in [0.5, 0.6) is 11.5 Å². The average molecular weight is 454 g/mol. The quantitative estimate of drug-likeness (QED) is 0.504. The van der Waals surface area contributed by atoms with E-state index in [2.05, 4.69) is 28.5 Å². The molecular formula is C23H27N5O3S. The van der Waals surface area contributed by atoms with Gasteiger partial charge in [0.05, 0.1) is 31.7 Å². The molecule has 2 heterocycles. The number of amides is 1. The number of carbonyl (C=O) groups excluding carboxylic acids is 1. The normalized spacial score (nSPS) is 15.8. The van der Waals surface area contributed by atoms with Crippen LogP contribution in [0, 0.1) is 13.8 Å². The van der Waals surface area contributed by atoms with Crippen LogP contribution in [0.15, 0.2) is 41.6 Å². The molecule has 9 heteroatoms. The Balaban J connectivity index is 1.50. The van der Waals surface area contributed by atoms with E-state index in [0.29, 0.717) is 11.7 Å². The van der Waals surface area contributed by atoms with Crippen molar-refractivity contribution in [2.45, 2.75) is 37.9 Å². The Morgan fingerprint density at radius 1 is 1.16 bits per heavy atom. The topological polar surface area (TPSA) is 82.4 Å². The molecule has 1 unspecified atom stereocenters. The fourth-order valence-electron chi connectivity index (χ4n) is 4.16. The number of thioether (sulfide) groups is 1. The monoisotopic (exact) mass is 453 g/mol. The minimum Gasteiger partial charge on any atom is -0.497 e. The van der Waals surface area contributed by atoms with Crippen LogP contribution < -0.4 is 9.47 Å². The van der Waals surface area contributed by atoms with E-state index in [1.54, 1.807) is 18.9 Å². The standard InChI is InChI=1S/C23H27N5O3S/c1-15-7-9-19(16(2)12-15)28-23(24-25-26-28)32-14-22(29)27-11-5-6-20(27)18-13-17(30-3)8-10-21(18)31-4/h7-10,12-13,20H,5-6,11,14H2,1-4H3. The number of carbonyl (C=O) groups is 1. The molecule has 1 aromatic heterocycles. The maximum Gasteiger partial charge on any atom is 0.233 e. The highest BCUT2D eigenvalue weighted by molar-refractivity contribution is 7.99. The molecule has 4 rings (SSSR count). The Hall–Kier alpha value is -3.07. The predicted octanol–water partition coefficient (Wildman–Crippen LogP) is 3.75. The minimum atomic E-state index is -0.0384. The number of nitrogens with zero attached hydrogens (tertiary/aromatic N) is 5. The number of aryl methyl sites for hydroxylation is 2. The van der Waals surface area contributed by atoms with Crippen molar-refractivity contribution in [1.29, 1.82) is 0 Å². The van der Waals surface area contributed by atoms with Crippen molar-refractivity contribution < 1.29 is 14.3 Å². The molecule has 1 atom stereocenters. The SMILES string of the molecule is COc1ccc(OC)c(C2CCCN2C(=O)CSc2nnnn2-c2ccc(C)cc2C)c1. The molecule has 8 nitrogen and oxygen atoms in total. The molecule has 1 fully saturated rings. The Bertz CT molecular complexity index is 1120. The predicted molar refractivity (Wildman–Crippen MR) is 123 cm³/mol. The largest absolute Gasteiger partial charge is 0.497 e. The fraction of sp³-hybridized carbons (Fsp3) is 0.391. The highest BCUT2D eigenvalue weighted by Crippen LogP contribution is 2.39. The number of likely N-dealkylation sites (tertiary alicyclic amines) is 1. The van der Waals surface area contributed by atoms with E-state index in [9.17, 15) is 4.79 Å². The molecule has 3 aromatic rings. The first-order valence-electron chi connectivity index (χ1n) is 10.5. The third kappa shape index (κ3) is 4.43. The van der Waals surface area contributed by atoms with Gasteiger partial charge in [-0.15, -0.1) is 5.10 Å². The van der Waals surface area contributed by atoms with Crippen LogP contribution in [-0.2, 0) is 4.79 Å². The Morgan fingerprint density at radius 2 is 2.00 bits per heavy atom. The number of benzene rings is 2. The van der Waals surface area contributed by atoms with Gasteiger partial charge >= 0.3 is 0 Å². The molecule has 1 saturated heterocycles. The molecule has 1 aliphatic rings. The van der Waals surface area contributed by atoms with Gasteiger partial charge in [-0.1, -0.05) is 29.5 Å². The van der Waals surface area contributed by atoms with Gasteiger partial charge in [-0.05, 0) is 66.9 Å². The van der Waals surface area contributed by atoms with Gasteiger partial charge in [0.15, 0.2) is 0 Å². The zero-order chi connectivity index (χ0) is 22.7. The van der Waals surface area contributed by atoms with E-state index in [1.165, 1.54) is 17.3 Å². The zero-order valence-corrected chi connectivity index (χ0v) is 19.6.